The quantitative estimate of drug-likeness (QED) is 0.525. The lowest BCUT2D eigenvalue weighted by Gasteiger charge is -2.30. The first kappa shape index (κ1) is 24.6. The van der Waals surface area contributed by atoms with Gasteiger partial charge >= 0.3 is 0 Å². The number of carbonyl (C=O) groups excluding carboxylic acids is 2. The van der Waals surface area contributed by atoms with Gasteiger partial charge in [-0.1, -0.05) is 17.7 Å². The summed E-state index contributed by atoms with van der Waals surface area (Å²) < 4.78 is 46.5. The summed E-state index contributed by atoms with van der Waals surface area (Å²) in [5.41, 5.74) is 1.50. The molecule has 0 atom stereocenters. The molecule has 0 unspecified atom stereocenters. The molecule has 2 N–H and O–H groups in total. The van der Waals surface area contributed by atoms with E-state index in [2.05, 4.69) is 10.6 Å². The van der Waals surface area contributed by atoms with E-state index in [4.69, 9.17) is 4.42 Å². The number of furan rings is 1. The van der Waals surface area contributed by atoms with Gasteiger partial charge in [0.1, 0.15) is 11.6 Å². The van der Waals surface area contributed by atoms with E-state index < -0.39 is 27.7 Å². The fourth-order valence-electron chi connectivity index (χ4n) is 3.97. The third-order valence-electron chi connectivity index (χ3n) is 6.07. The number of hydrogen-bond acceptors (Lipinski definition) is 5. The van der Waals surface area contributed by atoms with Gasteiger partial charge in [0.2, 0.25) is 15.9 Å². The molecule has 1 aliphatic heterocycles. The number of piperidine rings is 1. The van der Waals surface area contributed by atoms with Crippen molar-refractivity contribution >= 4 is 33.2 Å². The molecule has 0 spiro atoms. The maximum Gasteiger partial charge on any atom is 0.259 e. The molecule has 0 aliphatic carbocycles. The molecule has 0 saturated carbocycles. The number of rotatable bonds is 6. The molecule has 35 heavy (non-hydrogen) atoms. The highest BCUT2D eigenvalue weighted by atomic mass is 32.2. The van der Waals surface area contributed by atoms with Crippen LogP contribution in [0.3, 0.4) is 0 Å². The predicted octanol–water partition coefficient (Wildman–Crippen LogP) is 4.33. The third kappa shape index (κ3) is 5.44. The average Bonchev–Trinajstić information content (AvgIpc) is 3.27. The number of aryl methyl sites for hydroxylation is 2. The van der Waals surface area contributed by atoms with Gasteiger partial charge in [-0.2, -0.15) is 4.31 Å². The van der Waals surface area contributed by atoms with Crippen molar-refractivity contribution in [2.24, 2.45) is 5.92 Å². The van der Waals surface area contributed by atoms with Crippen LogP contribution in [0.25, 0.3) is 0 Å². The van der Waals surface area contributed by atoms with Crippen LogP contribution in [0.1, 0.15) is 34.5 Å². The molecule has 2 aromatic carbocycles. The van der Waals surface area contributed by atoms with Crippen LogP contribution in [0.4, 0.5) is 15.8 Å². The van der Waals surface area contributed by atoms with Crippen molar-refractivity contribution in [3.05, 3.63) is 77.5 Å². The van der Waals surface area contributed by atoms with Crippen molar-refractivity contribution in [1.29, 1.82) is 0 Å². The van der Waals surface area contributed by atoms with E-state index in [-0.39, 0.29) is 35.1 Å². The molecule has 1 fully saturated rings. The Balaban J connectivity index is 1.37. The van der Waals surface area contributed by atoms with E-state index in [1.165, 1.54) is 28.8 Å². The summed E-state index contributed by atoms with van der Waals surface area (Å²) in [4.78, 5) is 25.4. The van der Waals surface area contributed by atoms with Gasteiger partial charge in [-0.3, -0.25) is 9.59 Å². The molecule has 4 rings (SSSR count). The van der Waals surface area contributed by atoms with Crippen LogP contribution >= 0.6 is 0 Å². The molecule has 8 nitrogen and oxygen atoms in total. The van der Waals surface area contributed by atoms with Gasteiger partial charge in [0.25, 0.3) is 5.91 Å². The fourth-order valence-corrected chi connectivity index (χ4v) is 5.44. The fraction of sp³-hybridized carbons (Fsp3) is 0.280. The Hall–Kier alpha value is -3.50. The van der Waals surface area contributed by atoms with Crippen molar-refractivity contribution in [2.75, 3.05) is 23.7 Å². The largest absolute Gasteiger partial charge is 0.469 e. The molecular weight excluding hydrogens is 473 g/mol. The Morgan fingerprint density at radius 1 is 1.00 bits per heavy atom. The smallest absolute Gasteiger partial charge is 0.259 e. The van der Waals surface area contributed by atoms with Crippen LogP contribution in [-0.4, -0.2) is 37.6 Å². The van der Waals surface area contributed by atoms with Gasteiger partial charge < -0.3 is 15.1 Å². The minimum atomic E-state index is -3.62. The summed E-state index contributed by atoms with van der Waals surface area (Å²) in [6.07, 6.45) is 2.09. The van der Waals surface area contributed by atoms with Crippen molar-refractivity contribution in [3.8, 4) is 0 Å². The Bertz CT molecular complexity index is 1340. The van der Waals surface area contributed by atoms with Crippen molar-refractivity contribution in [3.63, 3.8) is 0 Å². The van der Waals surface area contributed by atoms with Crippen molar-refractivity contribution in [1.82, 2.24) is 4.31 Å². The summed E-state index contributed by atoms with van der Waals surface area (Å²) >= 11 is 0. The topological polar surface area (TPSA) is 109 Å². The molecule has 184 valence electrons. The van der Waals surface area contributed by atoms with E-state index in [9.17, 15) is 22.4 Å². The zero-order valence-corrected chi connectivity index (χ0v) is 20.2. The van der Waals surface area contributed by atoms with E-state index in [0.29, 0.717) is 24.3 Å². The number of nitrogens with zero attached hydrogens (tertiary/aromatic N) is 1. The normalized spacial score (nSPS) is 15.1. The molecule has 1 aromatic heterocycles. The van der Waals surface area contributed by atoms with Crippen LogP contribution in [0.5, 0.6) is 0 Å². The number of amides is 2. The van der Waals surface area contributed by atoms with E-state index in [1.807, 2.05) is 6.92 Å². The first-order valence-electron chi connectivity index (χ1n) is 11.2. The zero-order valence-electron chi connectivity index (χ0n) is 19.4. The summed E-state index contributed by atoms with van der Waals surface area (Å²) in [6.45, 7) is 3.96. The minimum Gasteiger partial charge on any atom is -0.469 e. The predicted molar refractivity (Wildman–Crippen MR) is 129 cm³/mol. The van der Waals surface area contributed by atoms with Crippen LogP contribution < -0.4 is 10.6 Å². The monoisotopic (exact) mass is 499 g/mol. The van der Waals surface area contributed by atoms with Gasteiger partial charge in [0, 0.05) is 24.7 Å². The number of benzene rings is 2. The Morgan fingerprint density at radius 2 is 1.69 bits per heavy atom. The number of sulfonamides is 1. The number of carbonyl (C=O) groups is 2. The molecule has 2 amide bonds. The van der Waals surface area contributed by atoms with Crippen molar-refractivity contribution < 1.29 is 26.8 Å². The van der Waals surface area contributed by atoms with Gasteiger partial charge in [-0.05, 0) is 63.1 Å². The lowest BCUT2D eigenvalue weighted by Crippen LogP contribution is -2.41. The third-order valence-corrected chi connectivity index (χ3v) is 7.98. The Morgan fingerprint density at radius 3 is 2.31 bits per heavy atom. The first-order valence-corrected chi connectivity index (χ1v) is 12.6. The van der Waals surface area contributed by atoms with Gasteiger partial charge in [0.05, 0.1) is 22.4 Å². The molecule has 0 radical (unpaired) electrons. The second-order valence-electron chi connectivity index (χ2n) is 8.52. The van der Waals surface area contributed by atoms with E-state index in [1.54, 1.807) is 31.2 Å². The summed E-state index contributed by atoms with van der Waals surface area (Å²) in [5.74, 6) is -1.45. The molecular formula is C25H26FN3O5S. The molecule has 1 aliphatic rings. The summed E-state index contributed by atoms with van der Waals surface area (Å²) in [6, 6.07) is 12.1. The standard InChI is InChI=1S/C25H26FN3O5S/c1-16-3-6-20(7-4-16)35(32,33)29-12-9-18(10-13-29)24(30)27-19-5-8-22(26)23(15-19)28-25(31)21-11-14-34-17(21)2/h3-8,11,14-15,18H,9-10,12-13H2,1-2H3,(H,27,30)(H,28,31). The molecule has 10 heteroatoms. The van der Waals surface area contributed by atoms with E-state index in [0.717, 1.165) is 11.6 Å². The lowest BCUT2D eigenvalue weighted by molar-refractivity contribution is -0.120. The zero-order chi connectivity index (χ0) is 25.2. The van der Waals surface area contributed by atoms with Crippen LogP contribution in [-0.2, 0) is 14.8 Å². The Kier molecular flexibility index (Phi) is 7.04. The van der Waals surface area contributed by atoms with Crippen molar-refractivity contribution in [2.45, 2.75) is 31.6 Å². The number of hydrogen-bond donors (Lipinski definition) is 2. The first-order chi connectivity index (χ1) is 16.6. The van der Waals surface area contributed by atoms with Crippen LogP contribution in [0.2, 0.25) is 0 Å². The highest BCUT2D eigenvalue weighted by Crippen LogP contribution is 2.26. The average molecular weight is 500 g/mol. The Labute approximate surface area is 203 Å². The van der Waals surface area contributed by atoms with Gasteiger partial charge in [-0.15, -0.1) is 0 Å². The highest BCUT2D eigenvalue weighted by molar-refractivity contribution is 7.89. The van der Waals surface area contributed by atoms with Crippen LogP contribution in [0, 0.1) is 25.6 Å². The molecule has 1 saturated heterocycles. The lowest BCUT2D eigenvalue weighted by atomic mass is 9.97. The number of halogens is 1. The second-order valence-corrected chi connectivity index (χ2v) is 10.5. The van der Waals surface area contributed by atoms with Gasteiger partial charge in [-0.25, -0.2) is 12.8 Å². The maximum absolute atomic E-state index is 14.3. The van der Waals surface area contributed by atoms with Crippen LogP contribution in [0.15, 0.2) is 64.1 Å². The van der Waals surface area contributed by atoms with E-state index >= 15 is 0 Å². The molecule has 2 heterocycles. The molecule has 3 aromatic rings. The summed E-state index contributed by atoms with van der Waals surface area (Å²) in [7, 11) is -3.62. The SMILES string of the molecule is Cc1ccc(S(=O)(=O)N2CCC(C(=O)Nc3ccc(F)c(NC(=O)c4ccoc4C)c3)CC2)cc1. The number of anilines is 2. The molecule has 0 bridgehead atoms. The minimum absolute atomic E-state index is 0.0765. The number of nitrogens with one attached hydrogen (secondary N) is 2. The maximum atomic E-state index is 14.3. The highest BCUT2D eigenvalue weighted by Gasteiger charge is 2.32. The summed E-state index contributed by atoms with van der Waals surface area (Å²) in [5, 5.41) is 5.24. The second kappa shape index (κ2) is 10.0. The van der Waals surface area contributed by atoms with Gasteiger partial charge in [0.15, 0.2) is 0 Å².